The van der Waals surface area contributed by atoms with Crippen molar-refractivity contribution in [3.05, 3.63) is 0 Å². The lowest BCUT2D eigenvalue weighted by Gasteiger charge is -2.35. The quantitative estimate of drug-likeness (QED) is 0.195. The lowest BCUT2D eigenvalue weighted by atomic mass is 9.86. The minimum atomic E-state index is -0.670. The predicted molar refractivity (Wildman–Crippen MR) is 174 cm³/mol. The van der Waals surface area contributed by atoms with E-state index in [-0.39, 0.29) is 57.6 Å². The van der Waals surface area contributed by atoms with Crippen molar-refractivity contribution in [2.75, 3.05) is 39.3 Å². The van der Waals surface area contributed by atoms with Crippen LogP contribution in [0, 0.1) is 17.8 Å². The van der Waals surface area contributed by atoms with E-state index >= 15 is 0 Å². The molecule has 0 saturated carbocycles. The monoisotopic (exact) mass is 621 g/mol. The van der Waals surface area contributed by atoms with Gasteiger partial charge in [0.05, 0.1) is 23.3 Å². The van der Waals surface area contributed by atoms with Crippen molar-refractivity contribution in [2.45, 2.75) is 136 Å². The second-order valence-electron chi connectivity index (χ2n) is 17.2. The number of hydrogen-bond acceptors (Lipinski definition) is 8. The van der Waals surface area contributed by atoms with Gasteiger partial charge in [0.25, 0.3) is 0 Å². The van der Waals surface area contributed by atoms with E-state index in [4.69, 9.17) is 0 Å². The Labute approximate surface area is 266 Å². The normalized spacial score (nSPS) is 29.5. The van der Waals surface area contributed by atoms with Crippen molar-refractivity contribution in [2.24, 2.45) is 17.8 Å². The smallest absolute Gasteiger partial charge is 0.225 e. The third-order valence-electron chi connectivity index (χ3n) is 10.3. The van der Waals surface area contributed by atoms with Crippen molar-refractivity contribution in [1.29, 1.82) is 0 Å². The van der Waals surface area contributed by atoms with Crippen molar-refractivity contribution in [3.8, 4) is 0 Å². The summed E-state index contributed by atoms with van der Waals surface area (Å²) < 4.78 is 0. The summed E-state index contributed by atoms with van der Waals surface area (Å²) in [5.74, 6) is -0.557. The number of hydroxylamine groups is 2. The van der Waals surface area contributed by atoms with Crippen LogP contribution < -0.4 is 26.6 Å². The second-order valence-corrected chi connectivity index (χ2v) is 17.2. The maximum Gasteiger partial charge on any atom is 0.225 e. The van der Waals surface area contributed by atoms with Gasteiger partial charge in [0.2, 0.25) is 17.7 Å². The second kappa shape index (κ2) is 12.8. The molecular weight excluding hydrogens is 558 g/mol. The Balaban J connectivity index is 1.57. The van der Waals surface area contributed by atoms with Gasteiger partial charge >= 0.3 is 0 Å². The van der Waals surface area contributed by atoms with Gasteiger partial charge in [-0.3, -0.25) is 19.3 Å². The van der Waals surface area contributed by atoms with Gasteiger partial charge in [-0.15, -0.1) is 0 Å². The fraction of sp³-hybridized carbons (Fsp3) is 0.909. The molecule has 3 rings (SSSR count). The molecule has 44 heavy (non-hydrogen) atoms. The fourth-order valence-electron chi connectivity index (χ4n) is 8.29. The predicted octanol–water partition coefficient (Wildman–Crippen LogP) is 2.24. The van der Waals surface area contributed by atoms with Gasteiger partial charge in [-0.2, -0.15) is 5.06 Å². The highest BCUT2D eigenvalue weighted by Crippen LogP contribution is 2.43. The third-order valence-corrected chi connectivity index (χ3v) is 10.3. The van der Waals surface area contributed by atoms with Crippen molar-refractivity contribution < 1.29 is 19.6 Å². The van der Waals surface area contributed by atoms with Gasteiger partial charge in [0.1, 0.15) is 0 Å². The van der Waals surface area contributed by atoms with Crippen LogP contribution in [0.15, 0.2) is 0 Å². The summed E-state index contributed by atoms with van der Waals surface area (Å²) in [6.45, 7) is 27.6. The topological polar surface area (TPSA) is 138 Å². The molecular formula is C33H63N7O4. The molecule has 11 heteroatoms. The Kier molecular flexibility index (Phi) is 10.7. The molecule has 11 nitrogen and oxygen atoms in total. The zero-order chi connectivity index (χ0) is 33.5. The molecule has 254 valence electrons. The molecule has 0 aromatic carbocycles. The highest BCUT2D eigenvalue weighted by Gasteiger charge is 2.54. The van der Waals surface area contributed by atoms with E-state index < -0.39 is 11.1 Å². The van der Waals surface area contributed by atoms with E-state index in [0.29, 0.717) is 45.7 Å². The summed E-state index contributed by atoms with van der Waals surface area (Å²) in [7, 11) is 0. The average molecular weight is 622 g/mol. The number of nitrogens with one attached hydrogen (secondary N) is 5. The average Bonchev–Trinajstić information content (AvgIpc) is 3.31. The van der Waals surface area contributed by atoms with Crippen LogP contribution in [0.25, 0.3) is 0 Å². The lowest BCUT2D eigenvalue weighted by molar-refractivity contribution is -0.197. The Morgan fingerprint density at radius 1 is 0.636 bits per heavy atom. The van der Waals surface area contributed by atoms with Crippen LogP contribution in [0.2, 0.25) is 0 Å². The molecule has 0 bridgehead atoms. The lowest BCUT2D eigenvalue weighted by Crippen LogP contribution is -2.51. The van der Waals surface area contributed by atoms with Crippen molar-refractivity contribution >= 4 is 17.7 Å². The van der Waals surface area contributed by atoms with Gasteiger partial charge in [-0.05, 0) is 102 Å². The summed E-state index contributed by atoms with van der Waals surface area (Å²) in [5, 5.41) is 28.5. The molecule has 3 atom stereocenters. The third kappa shape index (κ3) is 8.51. The Bertz CT molecular complexity index is 1010. The fourth-order valence-corrected chi connectivity index (χ4v) is 8.29. The molecule has 0 spiro atoms. The van der Waals surface area contributed by atoms with Crippen LogP contribution in [0.1, 0.15) is 102 Å². The number of hydrogen-bond donors (Lipinski definition) is 6. The first kappa shape index (κ1) is 36.7. The number of amides is 3. The number of nitrogens with zero attached hydrogens (tertiary/aromatic N) is 2. The van der Waals surface area contributed by atoms with E-state index in [1.807, 2.05) is 27.7 Å². The van der Waals surface area contributed by atoms with Crippen LogP contribution in [0.4, 0.5) is 0 Å². The highest BCUT2D eigenvalue weighted by atomic mass is 16.5. The maximum atomic E-state index is 13.2. The van der Waals surface area contributed by atoms with Gasteiger partial charge in [0, 0.05) is 67.0 Å². The molecule has 6 N–H and O–H groups in total. The molecule has 3 amide bonds. The first-order valence-electron chi connectivity index (χ1n) is 16.5. The minimum Gasteiger partial charge on any atom is -0.355 e. The largest absolute Gasteiger partial charge is 0.355 e. The Morgan fingerprint density at radius 2 is 0.977 bits per heavy atom. The molecule has 0 radical (unpaired) electrons. The van der Waals surface area contributed by atoms with Gasteiger partial charge in [0.15, 0.2) is 0 Å². The molecule has 3 fully saturated rings. The SMILES string of the molecule is CC1(C)CC(C(=O)NCCN(CCNC(=O)C2CC(C)(C)NC2(C)C)CCNC(=O)C2CC(C)(C)N(O)C2(C)C)C(C)(C)N1. The molecule has 3 heterocycles. The zero-order valence-corrected chi connectivity index (χ0v) is 29.7. The van der Waals surface area contributed by atoms with Gasteiger partial charge < -0.3 is 31.8 Å². The van der Waals surface area contributed by atoms with E-state index in [9.17, 15) is 19.6 Å². The van der Waals surface area contributed by atoms with E-state index in [1.54, 1.807) is 0 Å². The first-order valence-corrected chi connectivity index (χ1v) is 16.5. The van der Waals surface area contributed by atoms with E-state index in [0.717, 1.165) is 12.8 Å². The zero-order valence-electron chi connectivity index (χ0n) is 29.7. The molecule has 0 aromatic rings. The summed E-state index contributed by atoms with van der Waals surface area (Å²) in [5.41, 5.74) is -1.91. The maximum absolute atomic E-state index is 13.2. The minimum absolute atomic E-state index is 0.0489. The molecule has 3 saturated heterocycles. The van der Waals surface area contributed by atoms with E-state index in [1.165, 1.54) is 5.06 Å². The van der Waals surface area contributed by atoms with Crippen LogP contribution in [0.5, 0.6) is 0 Å². The molecule has 3 aliphatic rings. The van der Waals surface area contributed by atoms with E-state index in [2.05, 4.69) is 86.9 Å². The summed E-state index contributed by atoms with van der Waals surface area (Å²) >= 11 is 0. The Hall–Kier alpha value is -1.79. The number of carbonyl (C=O) groups is 3. The van der Waals surface area contributed by atoms with Crippen LogP contribution >= 0.6 is 0 Å². The standard InChI is InChI=1S/C33H63N7O4/c1-28(2)19-22(31(7,8)37-28)25(41)34-13-16-39(17-14-35-26(42)23-20-29(3,4)38-32(23,9)10)18-15-36-27(43)24-21-30(5,6)40(44)33(24,11)12/h22-24,37-38,44H,13-21H2,1-12H3,(H,34,41)(H,35,42)(H,36,43). The molecule has 3 unspecified atom stereocenters. The molecule has 0 aromatic heterocycles. The first-order chi connectivity index (χ1) is 19.9. The van der Waals surface area contributed by atoms with Crippen LogP contribution in [-0.2, 0) is 14.4 Å². The summed E-state index contributed by atoms with van der Waals surface area (Å²) in [6.07, 6.45) is 2.11. The van der Waals surface area contributed by atoms with Gasteiger partial charge in [-0.25, -0.2) is 0 Å². The van der Waals surface area contributed by atoms with Crippen LogP contribution in [0.3, 0.4) is 0 Å². The van der Waals surface area contributed by atoms with Gasteiger partial charge in [-0.1, -0.05) is 0 Å². The van der Waals surface area contributed by atoms with Crippen molar-refractivity contribution in [3.63, 3.8) is 0 Å². The highest BCUT2D eigenvalue weighted by molar-refractivity contribution is 5.81. The van der Waals surface area contributed by atoms with Crippen LogP contribution in [-0.4, -0.2) is 105 Å². The van der Waals surface area contributed by atoms with Crippen molar-refractivity contribution in [1.82, 2.24) is 36.5 Å². The number of carbonyl (C=O) groups excluding carboxylic acids is 3. The molecule has 3 aliphatic heterocycles. The Morgan fingerprint density at radius 3 is 1.25 bits per heavy atom. The number of rotatable bonds is 12. The molecule has 0 aliphatic carbocycles. The summed E-state index contributed by atoms with van der Waals surface area (Å²) in [4.78, 5) is 41.7. The summed E-state index contributed by atoms with van der Waals surface area (Å²) in [6, 6.07) is 0.